The van der Waals surface area contributed by atoms with Gasteiger partial charge >= 0.3 is 5.97 Å². The highest BCUT2D eigenvalue weighted by atomic mass is 16.5. The lowest BCUT2D eigenvalue weighted by atomic mass is 10.2. The van der Waals surface area contributed by atoms with Crippen molar-refractivity contribution in [2.75, 3.05) is 6.61 Å². The topological polar surface area (TPSA) is 70.2 Å². The van der Waals surface area contributed by atoms with E-state index in [0.29, 0.717) is 19.0 Å². The number of hydrogen-bond donors (Lipinski definition) is 0. The van der Waals surface area contributed by atoms with Gasteiger partial charge in [0.2, 0.25) is 11.7 Å². The summed E-state index contributed by atoms with van der Waals surface area (Å²) < 4.78 is 12.2. The normalized spacial score (nSPS) is 10.7. The minimum atomic E-state index is -0.502. The Morgan fingerprint density at radius 1 is 1.42 bits per heavy atom. The molecule has 2 aromatic heterocycles. The number of carbonyl (C=O) groups is 1. The number of aryl methyl sites for hydroxylation is 2. The van der Waals surface area contributed by atoms with Crippen molar-refractivity contribution in [1.29, 1.82) is 0 Å². The first-order valence-corrected chi connectivity index (χ1v) is 6.25. The molecule has 2 rings (SSSR count). The monoisotopic (exact) mass is 263 g/mol. The summed E-state index contributed by atoms with van der Waals surface area (Å²) in [6.45, 7) is 8.64. The third-order valence-electron chi connectivity index (χ3n) is 2.91. The summed E-state index contributed by atoms with van der Waals surface area (Å²) in [5.74, 6) is -0.000974. The molecule has 0 fully saturated rings. The number of ether oxygens (including phenoxy) is 1. The third kappa shape index (κ3) is 2.38. The molecule has 0 bridgehead atoms. The van der Waals surface area contributed by atoms with Crippen molar-refractivity contribution in [2.45, 2.75) is 34.2 Å². The van der Waals surface area contributed by atoms with Crippen LogP contribution in [0.1, 0.15) is 35.7 Å². The highest BCUT2D eigenvalue weighted by molar-refractivity contribution is 5.86. The summed E-state index contributed by atoms with van der Waals surface area (Å²) in [6.07, 6.45) is 1.38. The van der Waals surface area contributed by atoms with Crippen LogP contribution in [0.2, 0.25) is 0 Å². The van der Waals surface area contributed by atoms with E-state index < -0.39 is 5.97 Å². The average Bonchev–Trinajstić information content (AvgIpc) is 2.96. The van der Waals surface area contributed by atoms with E-state index >= 15 is 0 Å². The zero-order valence-electron chi connectivity index (χ0n) is 11.6. The van der Waals surface area contributed by atoms with Gasteiger partial charge in [-0.2, -0.15) is 5.10 Å². The van der Waals surface area contributed by atoms with Gasteiger partial charge in [-0.1, -0.05) is 0 Å². The third-order valence-corrected chi connectivity index (χ3v) is 2.91. The zero-order valence-corrected chi connectivity index (χ0v) is 11.6. The molecule has 2 aromatic rings. The summed E-state index contributed by atoms with van der Waals surface area (Å²) >= 11 is 0. The zero-order chi connectivity index (χ0) is 14.0. The molecule has 6 heteroatoms. The van der Waals surface area contributed by atoms with Crippen molar-refractivity contribution in [2.24, 2.45) is 0 Å². The molecule has 0 atom stereocenters. The van der Waals surface area contributed by atoms with Crippen LogP contribution < -0.4 is 0 Å². The Hall–Kier alpha value is -2.11. The summed E-state index contributed by atoms with van der Waals surface area (Å²) in [5.41, 5.74) is 2.72. The van der Waals surface area contributed by atoms with E-state index in [0.717, 1.165) is 17.0 Å². The van der Waals surface area contributed by atoms with Crippen molar-refractivity contribution < 1.29 is 13.9 Å². The highest BCUT2D eigenvalue weighted by Gasteiger charge is 2.20. The van der Waals surface area contributed by atoms with Crippen molar-refractivity contribution >= 4 is 5.97 Å². The molecule has 0 amide bonds. The molecule has 102 valence electrons. The standard InChI is InChI=1S/C13H17N3O3/c1-5-16-11(8(3)9(4)15-16)12-14-7-10(19-12)13(17)18-6-2/h7H,5-6H2,1-4H3. The number of carbonyl (C=O) groups excluding carboxylic acids is 1. The van der Waals surface area contributed by atoms with Gasteiger partial charge in [-0.15, -0.1) is 0 Å². The van der Waals surface area contributed by atoms with Gasteiger partial charge in [0.15, 0.2) is 0 Å². The lowest BCUT2D eigenvalue weighted by Gasteiger charge is -2.01. The maximum atomic E-state index is 11.6. The summed E-state index contributed by atoms with van der Waals surface area (Å²) in [4.78, 5) is 15.7. The number of aromatic nitrogens is 3. The largest absolute Gasteiger partial charge is 0.460 e. The SMILES string of the molecule is CCOC(=O)c1cnc(-c2c(C)c(C)nn2CC)o1. The van der Waals surface area contributed by atoms with Crippen molar-refractivity contribution in [3.05, 3.63) is 23.2 Å². The van der Waals surface area contributed by atoms with Crippen LogP contribution in [0.5, 0.6) is 0 Å². The molecule has 0 saturated heterocycles. The second kappa shape index (κ2) is 5.26. The smallest absolute Gasteiger partial charge is 0.375 e. The highest BCUT2D eigenvalue weighted by Crippen LogP contribution is 2.25. The van der Waals surface area contributed by atoms with E-state index in [4.69, 9.17) is 9.15 Å². The summed E-state index contributed by atoms with van der Waals surface area (Å²) in [6, 6.07) is 0. The van der Waals surface area contributed by atoms with Gasteiger partial charge in [-0.25, -0.2) is 9.78 Å². The molecule has 0 spiro atoms. The van der Waals surface area contributed by atoms with Gasteiger partial charge in [-0.05, 0) is 27.7 Å². The molecule has 0 aliphatic carbocycles. The van der Waals surface area contributed by atoms with Gasteiger partial charge < -0.3 is 9.15 Å². The van der Waals surface area contributed by atoms with Crippen LogP contribution in [0.4, 0.5) is 0 Å². The second-order valence-corrected chi connectivity index (χ2v) is 4.12. The quantitative estimate of drug-likeness (QED) is 0.792. The van der Waals surface area contributed by atoms with Gasteiger partial charge in [0, 0.05) is 12.1 Å². The Morgan fingerprint density at radius 2 is 2.16 bits per heavy atom. The van der Waals surface area contributed by atoms with Crippen molar-refractivity contribution in [3.8, 4) is 11.6 Å². The van der Waals surface area contributed by atoms with Gasteiger partial charge in [0.1, 0.15) is 5.69 Å². The van der Waals surface area contributed by atoms with Crippen LogP contribution in [0, 0.1) is 13.8 Å². The van der Waals surface area contributed by atoms with Gasteiger partial charge in [0.05, 0.1) is 18.5 Å². The first-order chi connectivity index (χ1) is 9.08. The lowest BCUT2D eigenvalue weighted by Crippen LogP contribution is -2.02. The molecular formula is C13H17N3O3. The van der Waals surface area contributed by atoms with Crippen LogP contribution in [-0.4, -0.2) is 27.3 Å². The maximum absolute atomic E-state index is 11.6. The Kier molecular flexibility index (Phi) is 3.69. The van der Waals surface area contributed by atoms with Crippen LogP contribution in [0.3, 0.4) is 0 Å². The molecule has 0 saturated carbocycles. The Bertz CT molecular complexity index is 598. The fourth-order valence-electron chi connectivity index (χ4n) is 1.85. The first-order valence-electron chi connectivity index (χ1n) is 6.25. The molecule has 0 aromatic carbocycles. The van der Waals surface area contributed by atoms with Crippen LogP contribution in [0.25, 0.3) is 11.6 Å². The molecule has 0 N–H and O–H groups in total. The Labute approximate surface area is 111 Å². The summed E-state index contributed by atoms with van der Waals surface area (Å²) in [5, 5.41) is 4.40. The number of hydrogen-bond acceptors (Lipinski definition) is 5. The maximum Gasteiger partial charge on any atom is 0.375 e. The Morgan fingerprint density at radius 3 is 2.79 bits per heavy atom. The fraction of sp³-hybridized carbons (Fsp3) is 0.462. The minimum absolute atomic E-state index is 0.109. The van der Waals surface area contributed by atoms with E-state index in [1.807, 2.05) is 25.5 Å². The Balaban J connectivity index is 2.40. The van der Waals surface area contributed by atoms with E-state index in [1.165, 1.54) is 6.20 Å². The number of oxazole rings is 1. The first kappa shape index (κ1) is 13.3. The molecular weight excluding hydrogens is 246 g/mol. The fourth-order valence-corrected chi connectivity index (χ4v) is 1.85. The minimum Gasteiger partial charge on any atom is -0.460 e. The van der Waals surface area contributed by atoms with E-state index in [-0.39, 0.29) is 5.76 Å². The molecule has 0 aliphatic rings. The summed E-state index contributed by atoms with van der Waals surface area (Å²) in [7, 11) is 0. The molecule has 0 radical (unpaired) electrons. The number of esters is 1. The van der Waals surface area contributed by atoms with Gasteiger partial charge in [-0.3, -0.25) is 4.68 Å². The molecule has 2 heterocycles. The predicted molar refractivity (Wildman–Crippen MR) is 68.8 cm³/mol. The van der Waals surface area contributed by atoms with Crippen molar-refractivity contribution in [1.82, 2.24) is 14.8 Å². The van der Waals surface area contributed by atoms with E-state index in [2.05, 4.69) is 10.1 Å². The number of nitrogens with zero attached hydrogens (tertiary/aromatic N) is 3. The molecule has 0 unspecified atom stereocenters. The van der Waals surface area contributed by atoms with E-state index in [1.54, 1.807) is 6.92 Å². The molecule has 6 nitrogen and oxygen atoms in total. The van der Waals surface area contributed by atoms with Crippen LogP contribution in [0.15, 0.2) is 10.6 Å². The lowest BCUT2D eigenvalue weighted by molar-refractivity contribution is 0.0491. The molecule has 19 heavy (non-hydrogen) atoms. The van der Waals surface area contributed by atoms with Crippen molar-refractivity contribution in [3.63, 3.8) is 0 Å². The average molecular weight is 263 g/mol. The second-order valence-electron chi connectivity index (χ2n) is 4.12. The molecule has 0 aliphatic heterocycles. The predicted octanol–water partition coefficient (Wildman–Crippen LogP) is 2.35. The van der Waals surface area contributed by atoms with Crippen LogP contribution >= 0.6 is 0 Å². The number of rotatable bonds is 4. The van der Waals surface area contributed by atoms with Gasteiger partial charge in [0.25, 0.3) is 0 Å². The van der Waals surface area contributed by atoms with E-state index in [9.17, 15) is 4.79 Å². The van der Waals surface area contributed by atoms with Crippen LogP contribution in [-0.2, 0) is 11.3 Å².